The number of rotatable bonds is 14. The fourth-order valence-corrected chi connectivity index (χ4v) is 5.97. The number of benzene rings is 3. The molecule has 0 spiro atoms. The number of hydrogen-bond donors (Lipinski definition) is 0. The van der Waals surface area contributed by atoms with Crippen LogP contribution in [0.25, 0.3) is 39.4 Å². The van der Waals surface area contributed by atoms with E-state index in [1.807, 2.05) is 95.8 Å². The summed E-state index contributed by atoms with van der Waals surface area (Å²) in [4.78, 5) is 18.7. The lowest BCUT2D eigenvalue weighted by molar-refractivity contribution is 0.289. The molecule has 9 heteroatoms. The third-order valence-corrected chi connectivity index (χ3v) is 8.66. The molecule has 0 N–H and O–H groups in total. The van der Waals surface area contributed by atoms with Gasteiger partial charge in [-0.2, -0.15) is 14.6 Å². The lowest BCUT2D eigenvalue weighted by atomic mass is 10.1. The van der Waals surface area contributed by atoms with Crippen molar-refractivity contribution < 1.29 is 9.47 Å². The van der Waals surface area contributed by atoms with Gasteiger partial charge in [-0.1, -0.05) is 69.6 Å². The molecule has 0 aliphatic rings. The van der Waals surface area contributed by atoms with Crippen molar-refractivity contribution in [1.29, 1.82) is 0 Å². The lowest BCUT2D eigenvalue weighted by Gasteiger charge is -2.08. The van der Waals surface area contributed by atoms with Gasteiger partial charge in [-0.05, 0) is 85.5 Å². The van der Waals surface area contributed by atoms with E-state index in [-0.39, 0.29) is 5.56 Å². The molecule has 3 heterocycles. The Morgan fingerprint density at radius 2 is 1.52 bits per heavy atom. The molecular formula is C37H39N5O3S. The molecule has 8 nitrogen and oxygen atoms in total. The van der Waals surface area contributed by atoms with Gasteiger partial charge in [0.25, 0.3) is 5.56 Å². The Hall–Kier alpha value is -4.76. The molecule has 46 heavy (non-hydrogen) atoms. The second-order valence-corrected chi connectivity index (χ2v) is 12.8. The summed E-state index contributed by atoms with van der Waals surface area (Å²) >= 11 is 1.32. The van der Waals surface area contributed by atoms with Crippen LogP contribution in [0.4, 0.5) is 0 Å². The van der Waals surface area contributed by atoms with Crippen LogP contribution in [0.5, 0.6) is 11.5 Å². The summed E-state index contributed by atoms with van der Waals surface area (Å²) in [5.41, 5.74) is 4.08. The van der Waals surface area contributed by atoms with Gasteiger partial charge in [0.15, 0.2) is 5.82 Å². The molecule has 0 fully saturated rings. The van der Waals surface area contributed by atoms with Crippen LogP contribution in [0.3, 0.4) is 0 Å². The first-order valence-corrected chi connectivity index (χ1v) is 16.8. The van der Waals surface area contributed by atoms with Crippen molar-refractivity contribution >= 4 is 22.4 Å². The third kappa shape index (κ3) is 7.37. The number of fused-ring (bicyclic) bond motifs is 1. The summed E-state index contributed by atoms with van der Waals surface area (Å²) in [6.07, 6.45) is 9.50. The zero-order valence-electron chi connectivity index (χ0n) is 26.6. The van der Waals surface area contributed by atoms with Crippen molar-refractivity contribution in [3.05, 3.63) is 106 Å². The molecule has 6 aromatic rings. The normalized spacial score (nSPS) is 12.0. The van der Waals surface area contributed by atoms with Gasteiger partial charge in [-0.25, -0.2) is 4.68 Å². The minimum Gasteiger partial charge on any atom is -0.494 e. The van der Waals surface area contributed by atoms with Gasteiger partial charge in [-0.3, -0.25) is 4.79 Å². The van der Waals surface area contributed by atoms with Crippen molar-refractivity contribution in [3.63, 3.8) is 0 Å². The molecule has 0 saturated heterocycles. The molecular weight excluding hydrogens is 595 g/mol. The van der Waals surface area contributed by atoms with Crippen LogP contribution >= 0.6 is 11.3 Å². The van der Waals surface area contributed by atoms with E-state index in [1.54, 1.807) is 0 Å². The molecule has 0 bridgehead atoms. The highest BCUT2D eigenvalue weighted by Gasteiger charge is 2.15. The summed E-state index contributed by atoms with van der Waals surface area (Å²) in [7, 11) is 0. The van der Waals surface area contributed by atoms with Crippen molar-refractivity contribution in [2.75, 3.05) is 13.2 Å². The molecule has 0 aliphatic heterocycles. The average molecular weight is 634 g/mol. The number of thiazole rings is 1. The zero-order chi connectivity index (χ0) is 31.9. The number of unbranched alkanes of at least 4 members (excludes halogenated alkanes) is 3. The van der Waals surface area contributed by atoms with Crippen LogP contribution in [0.1, 0.15) is 58.4 Å². The molecule has 0 aliphatic carbocycles. The summed E-state index contributed by atoms with van der Waals surface area (Å²) in [5, 5.41) is 9.48. The smallest absolute Gasteiger partial charge is 0.291 e. The standard InChI is InChI=1S/C37H39N5O3S/c1-4-5-6-10-22-44-31-19-15-28(16-20-31)35-38-37-42(40-35)36(43)33(46-37)24-29-25-41(30-11-8-7-9-12-30)39-34(29)27-13-17-32(18-14-27)45-23-21-26(2)3/h7-9,11-20,24-26H,4-6,10,21-23H2,1-3H3/b33-24+. The number of hydrogen-bond acceptors (Lipinski definition) is 7. The minimum atomic E-state index is -0.210. The Balaban J connectivity index is 1.27. The van der Waals surface area contributed by atoms with Crippen molar-refractivity contribution in [2.45, 2.75) is 52.9 Å². The molecule has 3 aromatic heterocycles. The van der Waals surface area contributed by atoms with E-state index in [9.17, 15) is 4.79 Å². The Morgan fingerprint density at radius 3 is 2.20 bits per heavy atom. The van der Waals surface area contributed by atoms with Crippen LogP contribution < -0.4 is 19.6 Å². The van der Waals surface area contributed by atoms with E-state index in [1.165, 1.54) is 35.1 Å². The first kappa shape index (κ1) is 31.2. The largest absolute Gasteiger partial charge is 0.494 e. The van der Waals surface area contributed by atoms with Gasteiger partial charge >= 0.3 is 0 Å². The molecule has 236 valence electrons. The summed E-state index contributed by atoms with van der Waals surface area (Å²) in [5.74, 6) is 2.74. The van der Waals surface area contributed by atoms with Crippen LogP contribution in [0, 0.1) is 5.92 Å². The van der Waals surface area contributed by atoms with Crippen molar-refractivity contribution in [3.8, 4) is 39.8 Å². The van der Waals surface area contributed by atoms with Crippen LogP contribution in [-0.4, -0.2) is 37.6 Å². The zero-order valence-corrected chi connectivity index (χ0v) is 27.4. The lowest BCUT2D eigenvalue weighted by Crippen LogP contribution is -2.23. The van der Waals surface area contributed by atoms with Gasteiger partial charge < -0.3 is 9.47 Å². The molecule has 0 amide bonds. The fraction of sp³-hybridized carbons (Fsp3) is 0.297. The highest BCUT2D eigenvalue weighted by molar-refractivity contribution is 7.15. The second kappa shape index (κ2) is 14.6. The number of nitrogens with zero attached hydrogens (tertiary/aromatic N) is 5. The van der Waals surface area contributed by atoms with E-state index < -0.39 is 0 Å². The number of aromatic nitrogens is 5. The maximum atomic E-state index is 13.5. The molecule has 3 aromatic carbocycles. The first-order valence-electron chi connectivity index (χ1n) is 16.0. The molecule has 0 radical (unpaired) electrons. The molecule has 6 rings (SSSR count). The summed E-state index contributed by atoms with van der Waals surface area (Å²) in [6.45, 7) is 7.96. The SMILES string of the molecule is CCCCCCOc1ccc(-c2nc3s/c(=C/c4cn(-c5ccccc5)nc4-c4ccc(OCCC(C)C)cc4)c(=O)n3n2)cc1. The monoisotopic (exact) mass is 633 g/mol. The average Bonchev–Trinajstić information content (AvgIpc) is 3.77. The Kier molecular flexibility index (Phi) is 9.88. The highest BCUT2D eigenvalue weighted by Crippen LogP contribution is 2.27. The number of para-hydroxylation sites is 1. The van der Waals surface area contributed by atoms with Crippen LogP contribution in [-0.2, 0) is 0 Å². The Bertz CT molecular complexity index is 1980. The van der Waals surface area contributed by atoms with Crippen molar-refractivity contribution in [1.82, 2.24) is 24.4 Å². The van der Waals surface area contributed by atoms with Gasteiger partial charge in [-0.15, -0.1) is 5.10 Å². The first-order chi connectivity index (χ1) is 22.5. The summed E-state index contributed by atoms with van der Waals surface area (Å²) < 4.78 is 15.6. The Labute approximate surface area is 273 Å². The summed E-state index contributed by atoms with van der Waals surface area (Å²) in [6, 6.07) is 25.6. The minimum absolute atomic E-state index is 0.210. The quantitative estimate of drug-likeness (QED) is 0.115. The molecule has 0 atom stereocenters. The van der Waals surface area contributed by atoms with Gasteiger partial charge in [0, 0.05) is 22.9 Å². The van der Waals surface area contributed by atoms with Gasteiger partial charge in [0.05, 0.1) is 23.4 Å². The van der Waals surface area contributed by atoms with E-state index in [0.29, 0.717) is 34.4 Å². The van der Waals surface area contributed by atoms with Gasteiger partial charge in [0.1, 0.15) is 17.2 Å². The third-order valence-electron chi connectivity index (χ3n) is 7.70. The maximum absolute atomic E-state index is 13.5. The predicted octanol–water partition coefficient (Wildman–Crippen LogP) is 7.60. The van der Waals surface area contributed by atoms with E-state index >= 15 is 0 Å². The fourth-order valence-electron chi connectivity index (χ4n) is 5.07. The Morgan fingerprint density at radius 1 is 0.826 bits per heavy atom. The maximum Gasteiger partial charge on any atom is 0.291 e. The van der Waals surface area contributed by atoms with Crippen LogP contribution in [0.2, 0.25) is 0 Å². The topological polar surface area (TPSA) is 83.5 Å². The molecule has 0 unspecified atom stereocenters. The van der Waals surface area contributed by atoms with Crippen LogP contribution in [0.15, 0.2) is 89.9 Å². The molecule has 0 saturated carbocycles. The van der Waals surface area contributed by atoms with E-state index in [0.717, 1.165) is 52.4 Å². The van der Waals surface area contributed by atoms with Gasteiger partial charge in [0.2, 0.25) is 4.96 Å². The highest BCUT2D eigenvalue weighted by atomic mass is 32.1. The number of ether oxygens (including phenoxy) is 2. The van der Waals surface area contributed by atoms with E-state index in [4.69, 9.17) is 14.6 Å². The predicted molar refractivity (Wildman–Crippen MR) is 185 cm³/mol. The van der Waals surface area contributed by atoms with E-state index in [2.05, 4.69) is 30.9 Å². The second-order valence-electron chi connectivity index (χ2n) is 11.7. The van der Waals surface area contributed by atoms with Crippen molar-refractivity contribution in [2.24, 2.45) is 5.92 Å².